The molecule has 0 aliphatic heterocycles. The van der Waals surface area contributed by atoms with Gasteiger partial charge < -0.3 is 10.2 Å². The number of carbonyl (C=O) groups excluding carboxylic acids is 1. The summed E-state index contributed by atoms with van der Waals surface area (Å²) in [6, 6.07) is 3.65. The molecular formula is C15H20N4OS. The molecule has 2 rings (SSSR count). The van der Waals surface area contributed by atoms with Crippen LogP contribution in [-0.4, -0.2) is 29.5 Å². The Kier molecular flexibility index (Phi) is 5.27. The highest BCUT2D eigenvalue weighted by Crippen LogP contribution is 2.11. The van der Waals surface area contributed by atoms with E-state index < -0.39 is 0 Å². The molecule has 0 radical (unpaired) electrons. The third-order valence-corrected chi connectivity index (χ3v) is 4.13. The summed E-state index contributed by atoms with van der Waals surface area (Å²) in [5.41, 5.74) is 1.63. The summed E-state index contributed by atoms with van der Waals surface area (Å²) in [6.07, 6.45) is 2.52. The number of nitrogens with zero attached hydrogens (tertiary/aromatic N) is 3. The topological polar surface area (TPSA) is 58.1 Å². The van der Waals surface area contributed by atoms with Gasteiger partial charge in [-0.1, -0.05) is 6.92 Å². The van der Waals surface area contributed by atoms with Crippen LogP contribution in [0.2, 0.25) is 0 Å². The van der Waals surface area contributed by atoms with Gasteiger partial charge in [0, 0.05) is 25.2 Å². The van der Waals surface area contributed by atoms with Crippen LogP contribution in [0.5, 0.6) is 0 Å². The first-order chi connectivity index (χ1) is 10.1. The van der Waals surface area contributed by atoms with Gasteiger partial charge in [0.2, 0.25) is 0 Å². The second-order valence-electron chi connectivity index (χ2n) is 4.69. The minimum atomic E-state index is -0.124. The van der Waals surface area contributed by atoms with Gasteiger partial charge in [0.05, 0.1) is 17.8 Å². The van der Waals surface area contributed by atoms with Gasteiger partial charge in [-0.3, -0.25) is 4.79 Å². The van der Waals surface area contributed by atoms with Crippen molar-refractivity contribution in [2.24, 2.45) is 0 Å². The molecule has 1 N–H and O–H groups in total. The van der Waals surface area contributed by atoms with E-state index in [2.05, 4.69) is 29.1 Å². The van der Waals surface area contributed by atoms with Crippen LogP contribution in [0, 0.1) is 0 Å². The standard InChI is InChI=1S/C15H20N4OS/c1-4-12-10-21-14(18-12)9-17-15(20)11-6-7-13(16-8-11)19(3)5-2/h6-8,10H,4-5,9H2,1-3H3,(H,17,20). The molecule has 0 atom stereocenters. The normalized spacial score (nSPS) is 10.4. The van der Waals surface area contributed by atoms with Gasteiger partial charge in [-0.15, -0.1) is 11.3 Å². The molecule has 0 aromatic carbocycles. The Morgan fingerprint density at radius 3 is 2.76 bits per heavy atom. The molecule has 0 saturated carbocycles. The zero-order valence-corrected chi connectivity index (χ0v) is 13.4. The largest absolute Gasteiger partial charge is 0.360 e. The van der Waals surface area contributed by atoms with E-state index in [1.54, 1.807) is 23.6 Å². The van der Waals surface area contributed by atoms with Crippen LogP contribution in [0.25, 0.3) is 0 Å². The van der Waals surface area contributed by atoms with Gasteiger partial charge in [0.25, 0.3) is 5.91 Å². The summed E-state index contributed by atoms with van der Waals surface area (Å²) in [5.74, 6) is 0.739. The number of amides is 1. The van der Waals surface area contributed by atoms with E-state index in [1.807, 2.05) is 23.4 Å². The van der Waals surface area contributed by atoms with E-state index in [1.165, 1.54) is 0 Å². The molecular weight excluding hydrogens is 284 g/mol. The molecule has 6 heteroatoms. The highest BCUT2D eigenvalue weighted by molar-refractivity contribution is 7.09. The number of rotatable bonds is 6. The van der Waals surface area contributed by atoms with Gasteiger partial charge >= 0.3 is 0 Å². The van der Waals surface area contributed by atoms with Crippen molar-refractivity contribution >= 4 is 23.1 Å². The molecule has 5 nitrogen and oxygen atoms in total. The summed E-state index contributed by atoms with van der Waals surface area (Å²) in [4.78, 5) is 22.8. The third-order valence-electron chi connectivity index (χ3n) is 3.24. The lowest BCUT2D eigenvalue weighted by Crippen LogP contribution is -2.23. The van der Waals surface area contributed by atoms with Crippen molar-refractivity contribution < 1.29 is 4.79 Å². The van der Waals surface area contributed by atoms with Crippen molar-refractivity contribution in [3.8, 4) is 0 Å². The van der Waals surface area contributed by atoms with Crippen molar-refractivity contribution in [3.63, 3.8) is 0 Å². The predicted octanol–water partition coefficient (Wildman–Crippen LogP) is 2.49. The summed E-state index contributed by atoms with van der Waals surface area (Å²) in [7, 11) is 1.97. The van der Waals surface area contributed by atoms with Gasteiger partial charge in [-0.05, 0) is 25.5 Å². The van der Waals surface area contributed by atoms with E-state index in [9.17, 15) is 4.79 Å². The Morgan fingerprint density at radius 2 is 2.19 bits per heavy atom. The Balaban J connectivity index is 1.93. The molecule has 0 fully saturated rings. The minimum Gasteiger partial charge on any atom is -0.360 e. The second-order valence-corrected chi connectivity index (χ2v) is 5.63. The average molecular weight is 304 g/mol. The number of nitrogens with one attached hydrogen (secondary N) is 1. The van der Waals surface area contributed by atoms with Gasteiger partial charge in [0.15, 0.2) is 0 Å². The van der Waals surface area contributed by atoms with Crippen LogP contribution in [0.4, 0.5) is 5.82 Å². The van der Waals surface area contributed by atoms with Crippen molar-refractivity contribution in [2.75, 3.05) is 18.5 Å². The monoisotopic (exact) mass is 304 g/mol. The van der Waals surface area contributed by atoms with Crippen LogP contribution in [-0.2, 0) is 13.0 Å². The molecule has 2 heterocycles. The number of hydrogen-bond donors (Lipinski definition) is 1. The van der Waals surface area contributed by atoms with Crippen molar-refractivity contribution in [2.45, 2.75) is 26.8 Å². The first-order valence-electron chi connectivity index (χ1n) is 7.02. The minimum absolute atomic E-state index is 0.124. The number of pyridine rings is 1. The maximum Gasteiger partial charge on any atom is 0.253 e. The van der Waals surface area contributed by atoms with Gasteiger partial charge in [-0.25, -0.2) is 9.97 Å². The fourth-order valence-electron chi connectivity index (χ4n) is 1.76. The number of carbonyl (C=O) groups is 1. The highest BCUT2D eigenvalue weighted by atomic mass is 32.1. The summed E-state index contributed by atoms with van der Waals surface area (Å²) < 4.78 is 0. The van der Waals surface area contributed by atoms with Crippen molar-refractivity contribution in [1.82, 2.24) is 15.3 Å². The Morgan fingerprint density at radius 1 is 1.38 bits per heavy atom. The van der Waals surface area contributed by atoms with Crippen LogP contribution in [0.15, 0.2) is 23.7 Å². The number of hydrogen-bond acceptors (Lipinski definition) is 5. The van der Waals surface area contributed by atoms with Crippen LogP contribution >= 0.6 is 11.3 Å². The number of anilines is 1. The molecule has 0 spiro atoms. The van der Waals surface area contributed by atoms with Crippen molar-refractivity contribution in [1.29, 1.82) is 0 Å². The quantitative estimate of drug-likeness (QED) is 0.891. The lowest BCUT2D eigenvalue weighted by Gasteiger charge is -2.15. The lowest BCUT2D eigenvalue weighted by molar-refractivity contribution is 0.0950. The fourth-order valence-corrected chi connectivity index (χ4v) is 2.58. The van der Waals surface area contributed by atoms with E-state index in [0.29, 0.717) is 12.1 Å². The van der Waals surface area contributed by atoms with Crippen LogP contribution in [0.3, 0.4) is 0 Å². The molecule has 21 heavy (non-hydrogen) atoms. The molecule has 0 bridgehead atoms. The zero-order valence-electron chi connectivity index (χ0n) is 12.6. The molecule has 1 amide bonds. The Hall–Kier alpha value is -1.95. The lowest BCUT2D eigenvalue weighted by atomic mass is 10.2. The Labute approximate surface area is 129 Å². The fraction of sp³-hybridized carbons (Fsp3) is 0.400. The predicted molar refractivity (Wildman–Crippen MR) is 85.8 cm³/mol. The third kappa shape index (κ3) is 4.01. The number of thiazole rings is 1. The molecule has 2 aromatic heterocycles. The SMILES string of the molecule is CCc1csc(CNC(=O)c2ccc(N(C)CC)nc2)n1. The summed E-state index contributed by atoms with van der Waals surface area (Å²) >= 11 is 1.57. The maximum atomic E-state index is 12.1. The van der Waals surface area contributed by atoms with Gasteiger partial charge in [-0.2, -0.15) is 0 Å². The van der Waals surface area contributed by atoms with E-state index in [0.717, 1.165) is 29.5 Å². The van der Waals surface area contributed by atoms with E-state index in [4.69, 9.17) is 0 Å². The first-order valence-corrected chi connectivity index (χ1v) is 7.90. The van der Waals surface area contributed by atoms with E-state index >= 15 is 0 Å². The molecule has 112 valence electrons. The highest BCUT2D eigenvalue weighted by Gasteiger charge is 2.08. The molecule has 0 aliphatic carbocycles. The molecule has 0 unspecified atom stereocenters. The second kappa shape index (κ2) is 7.17. The summed E-state index contributed by atoms with van der Waals surface area (Å²) in [5, 5.41) is 5.82. The van der Waals surface area contributed by atoms with Crippen LogP contribution in [0.1, 0.15) is 34.9 Å². The molecule has 0 saturated heterocycles. The van der Waals surface area contributed by atoms with Crippen LogP contribution < -0.4 is 10.2 Å². The van der Waals surface area contributed by atoms with Gasteiger partial charge in [0.1, 0.15) is 10.8 Å². The zero-order chi connectivity index (χ0) is 15.2. The average Bonchev–Trinajstić information content (AvgIpc) is 3.00. The van der Waals surface area contributed by atoms with E-state index in [-0.39, 0.29) is 5.91 Å². The Bertz CT molecular complexity index is 594. The number of aryl methyl sites for hydroxylation is 1. The van der Waals surface area contributed by atoms with Crippen molar-refractivity contribution in [3.05, 3.63) is 40.0 Å². The summed E-state index contributed by atoms with van der Waals surface area (Å²) in [6.45, 7) is 5.46. The number of aromatic nitrogens is 2. The molecule has 0 aliphatic rings. The molecule has 2 aromatic rings. The maximum absolute atomic E-state index is 12.1. The smallest absolute Gasteiger partial charge is 0.253 e. The first kappa shape index (κ1) is 15.4.